The second kappa shape index (κ2) is 6.15. The van der Waals surface area contributed by atoms with E-state index in [2.05, 4.69) is 23.7 Å². The molecule has 0 saturated heterocycles. The first-order valence-corrected chi connectivity index (χ1v) is 8.78. The Morgan fingerprint density at radius 3 is 1.20 bits per heavy atom. The third kappa shape index (κ3) is 10.8. The summed E-state index contributed by atoms with van der Waals surface area (Å²) in [5.41, 5.74) is -1.95. The Balaban J connectivity index is 4.98. The van der Waals surface area contributed by atoms with Gasteiger partial charge >= 0.3 is 0 Å². The van der Waals surface area contributed by atoms with Gasteiger partial charge in [0.2, 0.25) is 0 Å². The minimum atomic E-state index is -4.13. The Labute approximate surface area is 120 Å². The van der Waals surface area contributed by atoms with Crippen LogP contribution in [0.3, 0.4) is 0 Å². The third-order valence-corrected chi connectivity index (χ3v) is 4.12. The molecule has 6 nitrogen and oxygen atoms in total. The second-order valence-corrected chi connectivity index (χ2v) is 8.63. The molecule has 114 valence electrons. The van der Waals surface area contributed by atoms with Gasteiger partial charge in [-0.05, 0) is 39.5 Å². The fraction of sp³-hybridized carbons (Fsp3) is 0.667. The maximum atomic E-state index is 10.8. The van der Waals surface area contributed by atoms with Gasteiger partial charge in [-0.1, -0.05) is 11.8 Å². The van der Waals surface area contributed by atoms with E-state index in [1.807, 2.05) is 0 Å². The first kappa shape index (κ1) is 18.9. The highest BCUT2D eigenvalue weighted by atomic mass is 32.2. The Morgan fingerprint density at radius 1 is 0.750 bits per heavy atom. The number of rotatable bonds is 4. The minimum Gasteiger partial charge on any atom is -0.285 e. The normalized spacial score (nSPS) is 12.9. The van der Waals surface area contributed by atoms with Crippen LogP contribution >= 0.6 is 0 Å². The van der Waals surface area contributed by atoms with Gasteiger partial charge < -0.3 is 0 Å². The monoisotopic (exact) mass is 322 g/mol. The summed E-state index contributed by atoms with van der Waals surface area (Å²) in [6.45, 7) is 6.11. The van der Waals surface area contributed by atoms with Gasteiger partial charge in [0.1, 0.15) is 0 Å². The molecule has 0 aliphatic rings. The molecule has 0 spiro atoms. The minimum absolute atomic E-state index is 0.525. The molecule has 0 atom stereocenters. The topological polar surface area (TPSA) is 109 Å². The van der Waals surface area contributed by atoms with Crippen molar-refractivity contribution in [3.63, 3.8) is 0 Å². The number of hydrogen-bond donors (Lipinski definition) is 2. The lowest BCUT2D eigenvalue weighted by Crippen LogP contribution is -2.22. The van der Waals surface area contributed by atoms with E-state index in [-0.39, 0.29) is 0 Å². The van der Waals surface area contributed by atoms with E-state index in [0.29, 0.717) is 0 Å². The van der Waals surface area contributed by atoms with Gasteiger partial charge in [-0.25, -0.2) is 0 Å². The lowest BCUT2D eigenvalue weighted by atomic mass is 9.96. The molecule has 0 radical (unpaired) electrons. The smallest absolute Gasteiger partial charge is 0.266 e. The SMILES string of the molecule is CC(C)(C#CC#CC(C)(C)CS(=O)(=O)O)CS(=O)(=O)O. The summed E-state index contributed by atoms with van der Waals surface area (Å²) < 4.78 is 60.5. The van der Waals surface area contributed by atoms with Crippen LogP contribution in [0.25, 0.3) is 0 Å². The van der Waals surface area contributed by atoms with Crippen LogP contribution in [-0.4, -0.2) is 37.4 Å². The van der Waals surface area contributed by atoms with Crippen molar-refractivity contribution >= 4 is 20.2 Å². The van der Waals surface area contributed by atoms with Gasteiger partial charge in [0.25, 0.3) is 20.2 Å². The van der Waals surface area contributed by atoms with Gasteiger partial charge in [0.15, 0.2) is 0 Å². The molecule has 0 heterocycles. The van der Waals surface area contributed by atoms with Crippen LogP contribution in [0.15, 0.2) is 0 Å². The van der Waals surface area contributed by atoms with Crippen molar-refractivity contribution in [3.8, 4) is 23.7 Å². The first-order chi connectivity index (χ1) is 8.62. The van der Waals surface area contributed by atoms with Crippen LogP contribution in [0.5, 0.6) is 0 Å². The zero-order valence-electron chi connectivity index (χ0n) is 11.8. The van der Waals surface area contributed by atoms with Crippen molar-refractivity contribution in [2.45, 2.75) is 27.7 Å². The van der Waals surface area contributed by atoms with E-state index in [1.54, 1.807) is 0 Å². The summed E-state index contributed by atoms with van der Waals surface area (Å²) >= 11 is 0. The third-order valence-electron chi connectivity index (χ3n) is 1.95. The maximum absolute atomic E-state index is 10.8. The summed E-state index contributed by atoms with van der Waals surface area (Å²) in [6, 6.07) is 0. The summed E-state index contributed by atoms with van der Waals surface area (Å²) in [7, 11) is -8.27. The molecule has 0 aliphatic carbocycles. The molecule has 0 aromatic rings. The highest BCUT2D eigenvalue weighted by molar-refractivity contribution is 7.86. The Bertz CT molecular complexity index is 614. The van der Waals surface area contributed by atoms with Gasteiger partial charge in [-0.15, -0.1) is 0 Å². The van der Waals surface area contributed by atoms with Crippen molar-refractivity contribution in [3.05, 3.63) is 0 Å². The van der Waals surface area contributed by atoms with Gasteiger partial charge in [-0.2, -0.15) is 16.8 Å². The van der Waals surface area contributed by atoms with Crippen LogP contribution in [0.4, 0.5) is 0 Å². The predicted octanol–water partition coefficient (Wildman–Crippen LogP) is 0.821. The summed E-state index contributed by atoms with van der Waals surface area (Å²) in [6.07, 6.45) is 0. The molecule has 0 rings (SSSR count). The Morgan fingerprint density at radius 2 is 1.00 bits per heavy atom. The van der Waals surface area contributed by atoms with Crippen LogP contribution in [0, 0.1) is 34.5 Å². The molecule has 0 unspecified atom stereocenters. The van der Waals surface area contributed by atoms with Crippen molar-refractivity contribution in [2.24, 2.45) is 10.8 Å². The second-order valence-electron chi connectivity index (χ2n) is 5.72. The lowest BCUT2D eigenvalue weighted by molar-refractivity contribution is 0.453. The fourth-order valence-corrected chi connectivity index (χ4v) is 3.35. The fourth-order valence-electron chi connectivity index (χ4n) is 1.39. The van der Waals surface area contributed by atoms with Crippen LogP contribution in [0.2, 0.25) is 0 Å². The summed E-state index contributed by atoms with van der Waals surface area (Å²) in [5, 5.41) is 0. The average Bonchev–Trinajstić information content (AvgIpc) is 2.04. The molecule has 0 aromatic carbocycles. The molecule has 2 N–H and O–H groups in total. The Kier molecular flexibility index (Phi) is 5.82. The largest absolute Gasteiger partial charge is 0.285 e. The quantitative estimate of drug-likeness (QED) is 0.586. The summed E-state index contributed by atoms with van der Waals surface area (Å²) in [4.78, 5) is 0. The van der Waals surface area contributed by atoms with E-state index in [4.69, 9.17) is 9.11 Å². The van der Waals surface area contributed by atoms with Crippen molar-refractivity contribution < 1.29 is 25.9 Å². The van der Waals surface area contributed by atoms with E-state index in [0.717, 1.165) is 0 Å². The molecular weight excluding hydrogens is 304 g/mol. The Hall–Kier alpha value is -1.06. The molecule has 0 bridgehead atoms. The van der Waals surface area contributed by atoms with E-state index in [9.17, 15) is 16.8 Å². The highest BCUT2D eigenvalue weighted by Gasteiger charge is 2.23. The summed E-state index contributed by atoms with van der Waals surface area (Å²) in [5.74, 6) is 8.96. The van der Waals surface area contributed by atoms with Crippen LogP contribution < -0.4 is 0 Å². The van der Waals surface area contributed by atoms with Gasteiger partial charge in [0.05, 0.1) is 11.5 Å². The first-order valence-electron chi connectivity index (χ1n) is 5.57. The average molecular weight is 322 g/mol. The molecule has 20 heavy (non-hydrogen) atoms. The zero-order valence-corrected chi connectivity index (χ0v) is 13.4. The highest BCUT2D eigenvalue weighted by Crippen LogP contribution is 2.16. The predicted molar refractivity (Wildman–Crippen MR) is 75.9 cm³/mol. The lowest BCUT2D eigenvalue weighted by Gasteiger charge is -2.14. The van der Waals surface area contributed by atoms with E-state index >= 15 is 0 Å². The molecule has 0 aromatic heterocycles. The molecular formula is C12H18O6S2. The van der Waals surface area contributed by atoms with Gasteiger partial charge in [-0.3, -0.25) is 9.11 Å². The zero-order chi connectivity index (χ0) is 16.2. The van der Waals surface area contributed by atoms with Crippen LogP contribution in [0.1, 0.15) is 27.7 Å². The van der Waals surface area contributed by atoms with Crippen molar-refractivity contribution in [2.75, 3.05) is 11.5 Å². The van der Waals surface area contributed by atoms with E-state index < -0.39 is 42.6 Å². The molecule has 0 fully saturated rings. The molecule has 0 amide bonds. The van der Waals surface area contributed by atoms with Crippen LogP contribution in [-0.2, 0) is 20.2 Å². The van der Waals surface area contributed by atoms with Gasteiger partial charge in [0, 0.05) is 10.8 Å². The molecule has 8 heteroatoms. The number of hydrogen-bond acceptors (Lipinski definition) is 4. The molecule has 0 aliphatic heterocycles. The van der Waals surface area contributed by atoms with E-state index in [1.165, 1.54) is 27.7 Å². The maximum Gasteiger partial charge on any atom is 0.266 e. The molecule has 0 saturated carbocycles. The van der Waals surface area contributed by atoms with Crippen molar-refractivity contribution in [1.29, 1.82) is 0 Å². The van der Waals surface area contributed by atoms with Crippen molar-refractivity contribution in [1.82, 2.24) is 0 Å². The standard InChI is InChI=1S/C12H18O6S2/c1-11(2,9-19(13,14)15)7-5-6-8-12(3,4)10-20(16,17)18/h9-10H2,1-4H3,(H,13,14,15)(H,16,17,18).